The topological polar surface area (TPSA) is 47.0 Å². The van der Waals surface area contributed by atoms with E-state index in [0.29, 0.717) is 16.8 Å². The van der Waals surface area contributed by atoms with Crippen LogP contribution in [-0.2, 0) is 6.54 Å². The van der Waals surface area contributed by atoms with E-state index >= 15 is 0 Å². The molecule has 0 atom stereocenters. The van der Waals surface area contributed by atoms with E-state index in [2.05, 4.69) is 31.2 Å². The molecule has 2 rings (SSSR count). The van der Waals surface area contributed by atoms with E-state index in [4.69, 9.17) is 16.3 Å². The summed E-state index contributed by atoms with van der Waals surface area (Å²) in [5, 5.41) is 3.71. The Labute approximate surface area is 125 Å². The highest BCUT2D eigenvalue weighted by atomic mass is 79.9. The minimum Gasteiger partial charge on any atom is -0.423 e. The second-order valence-electron chi connectivity index (χ2n) is 3.97. The van der Waals surface area contributed by atoms with Crippen molar-refractivity contribution in [1.29, 1.82) is 0 Å². The molecule has 1 heterocycles. The van der Waals surface area contributed by atoms with E-state index in [1.165, 1.54) is 0 Å². The van der Waals surface area contributed by atoms with Crippen LogP contribution in [0, 0.1) is 6.92 Å². The van der Waals surface area contributed by atoms with Crippen LogP contribution < -0.4 is 10.1 Å². The molecule has 0 spiro atoms. The van der Waals surface area contributed by atoms with Crippen LogP contribution in [0.5, 0.6) is 11.8 Å². The Kier molecular flexibility index (Phi) is 4.74. The van der Waals surface area contributed by atoms with Gasteiger partial charge in [0.15, 0.2) is 0 Å². The van der Waals surface area contributed by atoms with Crippen molar-refractivity contribution in [3.05, 3.63) is 45.1 Å². The smallest absolute Gasteiger partial charge is 0.322 e. The molecule has 0 bridgehead atoms. The van der Waals surface area contributed by atoms with E-state index in [1.807, 2.05) is 14.0 Å². The molecule has 0 aliphatic rings. The molecule has 0 amide bonds. The standard InChI is InChI=1S/C13H13BrClN3O/c1-8-9(6-16-2)7-17-13(18-8)19-12-4-3-10(15)5-11(12)14/h3-5,7,16H,6H2,1-2H3. The summed E-state index contributed by atoms with van der Waals surface area (Å²) in [6, 6.07) is 5.61. The fourth-order valence-electron chi connectivity index (χ4n) is 1.54. The molecule has 1 aromatic carbocycles. The van der Waals surface area contributed by atoms with E-state index < -0.39 is 0 Å². The predicted molar refractivity (Wildman–Crippen MR) is 78.8 cm³/mol. The van der Waals surface area contributed by atoms with Gasteiger partial charge in [-0.1, -0.05) is 11.6 Å². The third-order valence-electron chi connectivity index (χ3n) is 2.52. The Morgan fingerprint density at radius 1 is 1.42 bits per heavy atom. The number of nitrogens with one attached hydrogen (secondary N) is 1. The van der Waals surface area contributed by atoms with Crippen molar-refractivity contribution in [3.63, 3.8) is 0 Å². The normalized spacial score (nSPS) is 10.5. The minimum atomic E-state index is 0.320. The number of nitrogens with zero attached hydrogens (tertiary/aromatic N) is 2. The fraction of sp³-hybridized carbons (Fsp3) is 0.231. The third-order valence-corrected chi connectivity index (χ3v) is 3.38. The summed E-state index contributed by atoms with van der Waals surface area (Å²) in [7, 11) is 1.88. The molecule has 0 unspecified atom stereocenters. The number of benzene rings is 1. The number of rotatable bonds is 4. The highest BCUT2D eigenvalue weighted by Crippen LogP contribution is 2.30. The van der Waals surface area contributed by atoms with E-state index in [1.54, 1.807) is 24.4 Å². The minimum absolute atomic E-state index is 0.320. The summed E-state index contributed by atoms with van der Waals surface area (Å²) in [5.41, 5.74) is 1.94. The lowest BCUT2D eigenvalue weighted by atomic mass is 10.2. The Bertz CT molecular complexity index is 592. The van der Waals surface area contributed by atoms with Gasteiger partial charge in [-0.3, -0.25) is 0 Å². The molecule has 19 heavy (non-hydrogen) atoms. The molecule has 6 heteroatoms. The van der Waals surface area contributed by atoms with Crippen LogP contribution in [-0.4, -0.2) is 17.0 Å². The van der Waals surface area contributed by atoms with Gasteiger partial charge in [0.2, 0.25) is 0 Å². The zero-order chi connectivity index (χ0) is 13.8. The monoisotopic (exact) mass is 341 g/mol. The molecule has 2 aromatic rings. The van der Waals surface area contributed by atoms with Crippen molar-refractivity contribution in [2.75, 3.05) is 7.05 Å². The summed E-state index contributed by atoms with van der Waals surface area (Å²) in [5.74, 6) is 0.630. The highest BCUT2D eigenvalue weighted by molar-refractivity contribution is 9.10. The lowest BCUT2D eigenvalue weighted by Crippen LogP contribution is -2.08. The Morgan fingerprint density at radius 3 is 2.84 bits per heavy atom. The van der Waals surface area contributed by atoms with Gasteiger partial charge in [0, 0.05) is 29.0 Å². The first kappa shape index (κ1) is 14.2. The van der Waals surface area contributed by atoms with E-state index in [9.17, 15) is 0 Å². The molecule has 1 aromatic heterocycles. The quantitative estimate of drug-likeness (QED) is 0.920. The van der Waals surface area contributed by atoms with Crippen molar-refractivity contribution in [2.24, 2.45) is 0 Å². The van der Waals surface area contributed by atoms with Gasteiger partial charge in [0.1, 0.15) is 5.75 Å². The lowest BCUT2D eigenvalue weighted by Gasteiger charge is -2.08. The van der Waals surface area contributed by atoms with Gasteiger partial charge in [0.05, 0.1) is 4.47 Å². The summed E-state index contributed by atoms with van der Waals surface area (Å²) >= 11 is 9.26. The van der Waals surface area contributed by atoms with E-state index in [0.717, 1.165) is 22.3 Å². The summed E-state index contributed by atoms with van der Waals surface area (Å²) in [6.07, 6.45) is 1.76. The average Bonchev–Trinajstić information content (AvgIpc) is 2.36. The van der Waals surface area contributed by atoms with Gasteiger partial charge in [-0.05, 0) is 48.1 Å². The number of hydrogen-bond acceptors (Lipinski definition) is 4. The molecule has 0 fully saturated rings. The molecule has 0 saturated carbocycles. The van der Waals surface area contributed by atoms with Crippen molar-refractivity contribution >= 4 is 27.5 Å². The first-order valence-corrected chi connectivity index (χ1v) is 6.87. The maximum atomic E-state index is 5.88. The summed E-state index contributed by atoms with van der Waals surface area (Å²) in [6.45, 7) is 2.66. The zero-order valence-electron chi connectivity index (χ0n) is 10.6. The Balaban J connectivity index is 2.21. The van der Waals surface area contributed by atoms with Gasteiger partial charge in [-0.25, -0.2) is 4.98 Å². The van der Waals surface area contributed by atoms with Gasteiger partial charge in [-0.2, -0.15) is 4.98 Å². The van der Waals surface area contributed by atoms with Crippen molar-refractivity contribution in [2.45, 2.75) is 13.5 Å². The number of ether oxygens (including phenoxy) is 1. The van der Waals surface area contributed by atoms with Crippen molar-refractivity contribution < 1.29 is 4.74 Å². The first-order chi connectivity index (χ1) is 9.10. The lowest BCUT2D eigenvalue weighted by molar-refractivity contribution is 0.436. The fourth-order valence-corrected chi connectivity index (χ4v) is 2.30. The van der Waals surface area contributed by atoms with Crippen LogP contribution in [0.4, 0.5) is 0 Å². The maximum Gasteiger partial charge on any atom is 0.322 e. The van der Waals surface area contributed by atoms with Gasteiger partial charge in [-0.15, -0.1) is 0 Å². The van der Waals surface area contributed by atoms with Crippen LogP contribution in [0.15, 0.2) is 28.9 Å². The summed E-state index contributed by atoms with van der Waals surface area (Å²) < 4.78 is 6.39. The molecule has 4 nitrogen and oxygen atoms in total. The molecular formula is C13H13BrClN3O. The molecule has 0 saturated heterocycles. The maximum absolute atomic E-state index is 5.88. The molecule has 0 aliphatic carbocycles. The van der Waals surface area contributed by atoms with Crippen molar-refractivity contribution in [3.8, 4) is 11.8 Å². The number of aromatic nitrogens is 2. The molecule has 0 radical (unpaired) electrons. The van der Waals surface area contributed by atoms with Crippen LogP contribution >= 0.6 is 27.5 Å². The molecule has 0 aliphatic heterocycles. The molecule has 100 valence electrons. The van der Waals surface area contributed by atoms with Crippen LogP contribution in [0.2, 0.25) is 5.02 Å². The number of aryl methyl sites for hydroxylation is 1. The second-order valence-corrected chi connectivity index (χ2v) is 5.26. The van der Waals surface area contributed by atoms with Crippen molar-refractivity contribution in [1.82, 2.24) is 15.3 Å². The zero-order valence-corrected chi connectivity index (χ0v) is 12.9. The van der Waals surface area contributed by atoms with Gasteiger partial charge in [0.25, 0.3) is 0 Å². The van der Waals surface area contributed by atoms with Gasteiger partial charge >= 0.3 is 6.01 Å². The third kappa shape index (κ3) is 3.65. The average molecular weight is 343 g/mol. The van der Waals surface area contributed by atoms with Gasteiger partial charge < -0.3 is 10.1 Å². The van der Waals surface area contributed by atoms with Crippen LogP contribution in [0.25, 0.3) is 0 Å². The number of halogens is 2. The Hall–Kier alpha value is -1.17. The highest BCUT2D eigenvalue weighted by Gasteiger charge is 2.07. The first-order valence-electron chi connectivity index (χ1n) is 5.70. The second kappa shape index (κ2) is 6.32. The Morgan fingerprint density at radius 2 is 2.21 bits per heavy atom. The molecular weight excluding hydrogens is 330 g/mol. The molecule has 1 N–H and O–H groups in total. The number of hydrogen-bond donors (Lipinski definition) is 1. The summed E-state index contributed by atoms with van der Waals surface area (Å²) in [4.78, 5) is 8.51. The van der Waals surface area contributed by atoms with Crippen LogP contribution in [0.3, 0.4) is 0 Å². The van der Waals surface area contributed by atoms with E-state index in [-0.39, 0.29) is 0 Å². The van der Waals surface area contributed by atoms with Crippen LogP contribution in [0.1, 0.15) is 11.3 Å². The largest absolute Gasteiger partial charge is 0.423 e. The predicted octanol–water partition coefficient (Wildman–Crippen LogP) is 3.71. The SMILES string of the molecule is CNCc1cnc(Oc2ccc(Cl)cc2Br)nc1C.